The largest absolute Gasteiger partial charge is 0.309 e. The van der Waals surface area contributed by atoms with Crippen molar-refractivity contribution in [3.8, 4) is 11.3 Å². The normalized spacial score (nSPS) is 19.3. The maximum atomic E-state index is 13.2. The summed E-state index contributed by atoms with van der Waals surface area (Å²) in [6.07, 6.45) is 2.35. The maximum Gasteiger partial charge on any atom is 0.126 e. The van der Waals surface area contributed by atoms with E-state index in [1.54, 1.807) is 13.0 Å². The lowest BCUT2D eigenvalue weighted by atomic mass is 10.1. The highest BCUT2D eigenvalue weighted by atomic mass is 19.1. The molecule has 1 aliphatic heterocycles. The molecule has 1 atom stereocenters. The summed E-state index contributed by atoms with van der Waals surface area (Å²) in [5.74, 6) is -0.174. The van der Waals surface area contributed by atoms with Crippen molar-refractivity contribution < 1.29 is 4.39 Å². The third kappa shape index (κ3) is 2.04. The van der Waals surface area contributed by atoms with Crippen LogP contribution in [0.2, 0.25) is 0 Å². The van der Waals surface area contributed by atoms with Gasteiger partial charge in [0.05, 0.1) is 11.4 Å². The molecule has 3 rings (SSSR count). The summed E-state index contributed by atoms with van der Waals surface area (Å²) in [7, 11) is 0. The Kier molecular flexibility index (Phi) is 2.88. The van der Waals surface area contributed by atoms with E-state index in [1.165, 1.54) is 12.5 Å². The van der Waals surface area contributed by atoms with E-state index in [2.05, 4.69) is 21.6 Å². The van der Waals surface area contributed by atoms with E-state index in [-0.39, 0.29) is 5.82 Å². The molecule has 18 heavy (non-hydrogen) atoms. The number of benzene rings is 1. The van der Waals surface area contributed by atoms with Crippen LogP contribution >= 0.6 is 0 Å². The Labute approximate surface area is 105 Å². The van der Waals surface area contributed by atoms with Crippen LogP contribution in [0.4, 0.5) is 4.39 Å². The van der Waals surface area contributed by atoms with E-state index >= 15 is 0 Å². The molecule has 1 aliphatic rings. The molecule has 2 N–H and O–H groups in total. The minimum absolute atomic E-state index is 0.174. The molecule has 0 bridgehead atoms. The summed E-state index contributed by atoms with van der Waals surface area (Å²) in [4.78, 5) is 0. The van der Waals surface area contributed by atoms with E-state index in [0.29, 0.717) is 11.6 Å². The zero-order valence-electron chi connectivity index (χ0n) is 10.3. The van der Waals surface area contributed by atoms with Crippen LogP contribution in [0.15, 0.2) is 24.3 Å². The quantitative estimate of drug-likeness (QED) is 0.854. The van der Waals surface area contributed by atoms with Crippen LogP contribution in [0.1, 0.15) is 30.1 Å². The van der Waals surface area contributed by atoms with Gasteiger partial charge in [0.15, 0.2) is 0 Å². The Morgan fingerprint density at radius 1 is 1.33 bits per heavy atom. The predicted octanol–water partition coefficient (Wildman–Crippen LogP) is 2.95. The van der Waals surface area contributed by atoms with Gasteiger partial charge in [0.2, 0.25) is 0 Å². The van der Waals surface area contributed by atoms with Gasteiger partial charge in [-0.1, -0.05) is 0 Å². The summed E-state index contributed by atoms with van der Waals surface area (Å²) in [6, 6.07) is 7.53. The van der Waals surface area contributed by atoms with Crippen molar-refractivity contribution in [2.75, 3.05) is 6.54 Å². The summed E-state index contributed by atoms with van der Waals surface area (Å²) >= 11 is 0. The van der Waals surface area contributed by atoms with Gasteiger partial charge in [-0.05, 0) is 56.1 Å². The standard InChI is InChI=1S/C14H16FN3/c1-9-7-10(4-5-11(9)15)13-8-14(18-17-13)12-3-2-6-16-12/h4-5,7-8,12,16H,2-3,6H2,1H3,(H,17,18). The van der Waals surface area contributed by atoms with Crippen molar-refractivity contribution in [2.24, 2.45) is 0 Å². The smallest absolute Gasteiger partial charge is 0.126 e. The highest BCUT2D eigenvalue weighted by Gasteiger charge is 2.18. The van der Waals surface area contributed by atoms with Crippen LogP contribution in [-0.4, -0.2) is 16.7 Å². The van der Waals surface area contributed by atoms with Crippen LogP contribution in [-0.2, 0) is 0 Å². The molecule has 1 aromatic heterocycles. The molecule has 4 heteroatoms. The summed E-state index contributed by atoms with van der Waals surface area (Å²) in [5.41, 5.74) is 3.59. The zero-order chi connectivity index (χ0) is 12.5. The van der Waals surface area contributed by atoms with Gasteiger partial charge in [-0.2, -0.15) is 5.10 Å². The first-order valence-corrected chi connectivity index (χ1v) is 6.29. The van der Waals surface area contributed by atoms with Crippen LogP contribution in [0.25, 0.3) is 11.3 Å². The number of aryl methyl sites for hydroxylation is 1. The van der Waals surface area contributed by atoms with Crippen molar-refractivity contribution in [3.05, 3.63) is 41.3 Å². The molecule has 0 spiro atoms. The van der Waals surface area contributed by atoms with Crippen molar-refractivity contribution >= 4 is 0 Å². The first kappa shape index (κ1) is 11.4. The number of aromatic amines is 1. The van der Waals surface area contributed by atoms with Gasteiger partial charge in [-0.3, -0.25) is 5.10 Å². The first-order chi connectivity index (χ1) is 8.74. The van der Waals surface area contributed by atoms with Crippen LogP contribution in [0.3, 0.4) is 0 Å². The van der Waals surface area contributed by atoms with Crippen molar-refractivity contribution in [3.63, 3.8) is 0 Å². The monoisotopic (exact) mass is 245 g/mol. The second kappa shape index (κ2) is 4.53. The molecule has 0 radical (unpaired) electrons. The van der Waals surface area contributed by atoms with Gasteiger partial charge in [-0.15, -0.1) is 0 Å². The molecule has 0 saturated carbocycles. The minimum Gasteiger partial charge on any atom is -0.309 e. The highest BCUT2D eigenvalue weighted by Crippen LogP contribution is 2.26. The van der Waals surface area contributed by atoms with E-state index < -0.39 is 0 Å². The highest BCUT2D eigenvalue weighted by molar-refractivity contribution is 5.60. The van der Waals surface area contributed by atoms with Gasteiger partial charge in [0.25, 0.3) is 0 Å². The lowest BCUT2D eigenvalue weighted by Gasteiger charge is -2.05. The molecule has 3 nitrogen and oxygen atoms in total. The molecular weight excluding hydrogens is 229 g/mol. The summed E-state index contributed by atoms with van der Waals surface area (Å²) in [5, 5.41) is 10.8. The summed E-state index contributed by atoms with van der Waals surface area (Å²) in [6.45, 7) is 2.83. The lowest BCUT2D eigenvalue weighted by molar-refractivity contribution is 0.619. The molecule has 2 heterocycles. The van der Waals surface area contributed by atoms with E-state index in [1.807, 2.05) is 6.07 Å². The number of aromatic nitrogens is 2. The Morgan fingerprint density at radius 3 is 2.94 bits per heavy atom. The number of H-pyrrole nitrogens is 1. The fraction of sp³-hybridized carbons (Fsp3) is 0.357. The van der Waals surface area contributed by atoms with Crippen LogP contribution in [0, 0.1) is 12.7 Å². The Balaban J connectivity index is 1.89. The molecule has 94 valence electrons. The third-order valence-corrected chi connectivity index (χ3v) is 3.49. The van der Waals surface area contributed by atoms with Crippen molar-refractivity contribution in [1.82, 2.24) is 15.5 Å². The average molecular weight is 245 g/mol. The van der Waals surface area contributed by atoms with Crippen LogP contribution in [0.5, 0.6) is 0 Å². The van der Waals surface area contributed by atoms with E-state index in [9.17, 15) is 4.39 Å². The minimum atomic E-state index is -0.174. The number of nitrogens with zero attached hydrogens (tertiary/aromatic N) is 1. The van der Waals surface area contributed by atoms with Gasteiger partial charge < -0.3 is 5.32 Å². The molecule has 0 aliphatic carbocycles. The SMILES string of the molecule is Cc1cc(-c2cc(C3CCCN3)[nH]n2)ccc1F. The van der Waals surface area contributed by atoms with Gasteiger partial charge in [0.1, 0.15) is 5.82 Å². The predicted molar refractivity (Wildman–Crippen MR) is 68.7 cm³/mol. The molecule has 2 aromatic rings. The maximum absolute atomic E-state index is 13.2. The average Bonchev–Trinajstić information content (AvgIpc) is 3.01. The zero-order valence-corrected chi connectivity index (χ0v) is 10.3. The van der Waals surface area contributed by atoms with E-state index in [0.717, 1.165) is 29.9 Å². The molecule has 1 fully saturated rings. The lowest BCUT2D eigenvalue weighted by Crippen LogP contribution is -2.12. The Hall–Kier alpha value is -1.68. The Bertz CT molecular complexity index is 556. The van der Waals surface area contributed by atoms with E-state index in [4.69, 9.17) is 0 Å². The first-order valence-electron chi connectivity index (χ1n) is 6.29. The fourth-order valence-corrected chi connectivity index (χ4v) is 2.42. The number of halogens is 1. The molecule has 1 saturated heterocycles. The molecule has 1 unspecified atom stereocenters. The van der Waals surface area contributed by atoms with Crippen LogP contribution < -0.4 is 5.32 Å². The molecule has 1 aromatic carbocycles. The Morgan fingerprint density at radius 2 is 2.22 bits per heavy atom. The topological polar surface area (TPSA) is 40.7 Å². The third-order valence-electron chi connectivity index (χ3n) is 3.49. The number of nitrogens with one attached hydrogen (secondary N) is 2. The van der Waals surface area contributed by atoms with Crippen molar-refractivity contribution in [1.29, 1.82) is 0 Å². The molecular formula is C14H16FN3. The number of hydrogen-bond acceptors (Lipinski definition) is 2. The van der Waals surface area contributed by atoms with Gasteiger partial charge >= 0.3 is 0 Å². The van der Waals surface area contributed by atoms with Gasteiger partial charge in [-0.25, -0.2) is 4.39 Å². The van der Waals surface area contributed by atoms with Crippen molar-refractivity contribution in [2.45, 2.75) is 25.8 Å². The second-order valence-electron chi connectivity index (χ2n) is 4.82. The summed E-state index contributed by atoms with van der Waals surface area (Å²) < 4.78 is 13.2. The second-order valence-corrected chi connectivity index (χ2v) is 4.82. The molecule has 0 amide bonds. The number of rotatable bonds is 2. The van der Waals surface area contributed by atoms with Gasteiger partial charge in [0, 0.05) is 11.6 Å². The number of hydrogen-bond donors (Lipinski definition) is 2. The fourth-order valence-electron chi connectivity index (χ4n) is 2.42.